The van der Waals surface area contributed by atoms with Crippen LogP contribution in [0.25, 0.3) is 0 Å². The van der Waals surface area contributed by atoms with Crippen LogP contribution in [0.15, 0.2) is 18.3 Å². The third-order valence-corrected chi connectivity index (χ3v) is 5.03. The molecule has 3 rings (SSSR count). The number of nitrogens with zero attached hydrogens (tertiary/aromatic N) is 5. The van der Waals surface area contributed by atoms with Crippen LogP contribution in [-0.2, 0) is 20.1 Å². The first-order valence-corrected chi connectivity index (χ1v) is 8.70. The first-order valence-electron chi connectivity index (χ1n) is 8.32. The zero-order valence-corrected chi connectivity index (χ0v) is 15.3. The highest BCUT2D eigenvalue weighted by Gasteiger charge is 2.18. The molecule has 0 aliphatic carbocycles. The smallest absolute Gasteiger partial charge is 0.133 e. The summed E-state index contributed by atoms with van der Waals surface area (Å²) in [6, 6.07) is 4.14. The SMILES string of the molecule is Cc1nn(C)c(Cl)c1CNCc1cccnc1N1CCN(C)CC1. The van der Waals surface area contributed by atoms with Crippen molar-refractivity contribution in [1.29, 1.82) is 0 Å². The van der Waals surface area contributed by atoms with Crippen molar-refractivity contribution in [1.82, 2.24) is 25.0 Å². The number of halogens is 1. The standard InChI is InChI=1S/C17H25ClN6/c1-13-15(16(18)23(3)21-13)12-19-11-14-5-4-6-20-17(14)24-9-7-22(2)8-10-24/h4-6,19H,7-12H2,1-3H3. The summed E-state index contributed by atoms with van der Waals surface area (Å²) in [4.78, 5) is 9.34. The molecule has 0 atom stereocenters. The number of rotatable bonds is 5. The highest BCUT2D eigenvalue weighted by Crippen LogP contribution is 2.20. The minimum absolute atomic E-state index is 0.700. The van der Waals surface area contributed by atoms with Crippen molar-refractivity contribution >= 4 is 17.4 Å². The molecule has 1 saturated heterocycles. The normalized spacial score (nSPS) is 15.9. The summed E-state index contributed by atoms with van der Waals surface area (Å²) < 4.78 is 1.72. The second-order valence-corrected chi connectivity index (χ2v) is 6.72. The van der Waals surface area contributed by atoms with Crippen LogP contribution in [0.1, 0.15) is 16.8 Å². The van der Waals surface area contributed by atoms with Gasteiger partial charge >= 0.3 is 0 Å². The van der Waals surface area contributed by atoms with Crippen LogP contribution < -0.4 is 10.2 Å². The Morgan fingerprint density at radius 2 is 1.92 bits per heavy atom. The molecule has 6 nitrogen and oxygen atoms in total. The fourth-order valence-corrected chi connectivity index (χ4v) is 3.31. The van der Waals surface area contributed by atoms with Gasteiger partial charge in [0.2, 0.25) is 0 Å². The van der Waals surface area contributed by atoms with Gasteiger partial charge in [0.05, 0.1) is 5.69 Å². The van der Waals surface area contributed by atoms with Gasteiger partial charge in [0, 0.05) is 63.6 Å². The Morgan fingerprint density at radius 1 is 1.17 bits per heavy atom. The van der Waals surface area contributed by atoms with Gasteiger partial charge in [-0.15, -0.1) is 0 Å². The molecule has 0 saturated carbocycles. The van der Waals surface area contributed by atoms with Gasteiger partial charge in [0.15, 0.2) is 0 Å². The number of pyridine rings is 1. The molecule has 0 bridgehead atoms. The molecule has 24 heavy (non-hydrogen) atoms. The number of aromatic nitrogens is 3. The highest BCUT2D eigenvalue weighted by atomic mass is 35.5. The Hall–Kier alpha value is -1.63. The number of nitrogens with one attached hydrogen (secondary N) is 1. The third-order valence-electron chi connectivity index (χ3n) is 4.56. The van der Waals surface area contributed by atoms with Crippen molar-refractivity contribution in [2.24, 2.45) is 7.05 Å². The Balaban J connectivity index is 1.65. The summed E-state index contributed by atoms with van der Waals surface area (Å²) in [5.74, 6) is 1.09. The van der Waals surface area contributed by atoms with Crippen LogP contribution in [-0.4, -0.2) is 52.9 Å². The Bertz CT molecular complexity index is 690. The fraction of sp³-hybridized carbons (Fsp3) is 0.529. The van der Waals surface area contributed by atoms with Gasteiger partial charge < -0.3 is 15.1 Å². The van der Waals surface area contributed by atoms with E-state index in [9.17, 15) is 0 Å². The lowest BCUT2D eigenvalue weighted by Crippen LogP contribution is -2.45. The number of hydrogen-bond acceptors (Lipinski definition) is 5. The molecule has 0 aromatic carbocycles. The average molecular weight is 349 g/mol. The molecule has 1 aliphatic heterocycles. The number of aryl methyl sites for hydroxylation is 2. The lowest BCUT2D eigenvalue weighted by Gasteiger charge is -2.34. The van der Waals surface area contributed by atoms with E-state index < -0.39 is 0 Å². The third kappa shape index (κ3) is 3.71. The largest absolute Gasteiger partial charge is 0.354 e. The van der Waals surface area contributed by atoms with Crippen LogP contribution in [0.5, 0.6) is 0 Å². The first kappa shape index (κ1) is 17.2. The van der Waals surface area contributed by atoms with Gasteiger partial charge in [-0.05, 0) is 20.0 Å². The molecule has 0 amide bonds. The molecule has 2 aromatic rings. The molecule has 3 heterocycles. The van der Waals surface area contributed by atoms with Gasteiger partial charge in [0.1, 0.15) is 11.0 Å². The monoisotopic (exact) mass is 348 g/mol. The summed E-state index contributed by atoms with van der Waals surface area (Å²) in [6.45, 7) is 7.66. The van der Waals surface area contributed by atoms with E-state index in [1.165, 1.54) is 5.56 Å². The summed E-state index contributed by atoms with van der Waals surface area (Å²) in [7, 11) is 4.03. The second kappa shape index (κ2) is 7.51. The van der Waals surface area contributed by atoms with E-state index in [4.69, 9.17) is 11.6 Å². The van der Waals surface area contributed by atoms with Gasteiger partial charge in [-0.3, -0.25) is 4.68 Å². The van der Waals surface area contributed by atoms with Crippen molar-refractivity contribution in [2.75, 3.05) is 38.1 Å². The molecule has 1 aliphatic rings. The van der Waals surface area contributed by atoms with E-state index in [-0.39, 0.29) is 0 Å². The molecule has 0 radical (unpaired) electrons. The molecular formula is C17H25ClN6. The predicted octanol–water partition coefficient (Wildman–Crippen LogP) is 1.82. The number of hydrogen-bond donors (Lipinski definition) is 1. The van der Waals surface area contributed by atoms with Gasteiger partial charge in [0.25, 0.3) is 0 Å². The van der Waals surface area contributed by atoms with Crippen LogP contribution in [0, 0.1) is 6.92 Å². The summed E-state index contributed by atoms with van der Waals surface area (Å²) in [5, 5.41) is 8.54. The Morgan fingerprint density at radius 3 is 2.58 bits per heavy atom. The van der Waals surface area contributed by atoms with E-state index in [2.05, 4.69) is 38.3 Å². The summed E-state index contributed by atoms with van der Waals surface area (Å²) >= 11 is 6.30. The van der Waals surface area contributed by atoms with Crippen LogP contribution >= 0.6 is 11.6 Å². The Kier molecular flexibility index (Phi) is 5.38. The molecule has 1 fully saturated rings. The fourth-order valence-electron chi connectivity index (χ4n) is 3.07. The minimum atomic E-state index is 0.700. The molecule has 130 valence electrons. The topological polar surface area (TPSA) is 49.2 Å². The van der Waals surface area contributed by atoms with E-state index in [0.717, 1.165) is 49.8 Å². The Labute approximate surface area is 148 Å². The number of anilines is 1. The molecule has 0 spiro atoms. The lowest BCUT2D eigenvalue weighted by molar-refractivity contribution is 0.311. The van der Waals surface area contributed by atoms with Gasteiger partial charge in [-0.2, -0.15) is 5.10 Å². The molecule has 0 unspecified atom stereocenters. The first-order chi connectivity index (χ1) is 11.6. The van der Waals surface area contributed by atoms with Crippen molar-refractivity contribution in [3.63, 3.8) is 0 Å². The van der Waals surface area contributed by atoms with E-state index in [1.807, 2.05) is 26.2 Å². The summed E-state index contributed by atoms with van der Waals surface area (Å²) in [6.07, 6.45) is 1.87. The average Bonchev–Trinajstić information content (AvgIpc) is 2.82. The van der Waals surface area contributed by atoms with Crippen molar-refractivity contribution < 1.29 is 0 Å². The quantitative estimate of drug-likeness (QED) is 0.893. The molecule has 1 N–H and O–H groups in total. The van der Waals surface area contributed by atoms with Crippen LogP contribution in [0.4, 0.5) is 5.82 Å². The van der Waals surface area contributed by atoms with E-state index in [0.29, 0.717) is 11.7 Å². The van der Waals surface area contributed by atoms with Crippen molar-refractivity contribution in [3.8, 4) is 0 Å². The van der Waals surface area contributed by atoms with E-state index in [1.54, 1.807) is 4.68 Å². The molecule has 2 aromatic heterocycles. The maximum absolute atomic E-state index is 6.30. The molecular weight excluding hydrogens is 324 g/mol. The molecule has 7 heteroatoms. The minimum Gasteiger partial charge on any atom is -0.354 e. The number of piperazine rings is 1. The zero-order valence-electron chi connectivity index (χ0n) is 14.6. The van der Waals surface area contributed by atoms with Gasteiger partial charge in [-0.25, -0.2) is 4.98 Å². The predicted molar refractivity (Wildman–Crippen MR) is 97.4 cm³/mol. The maximum atomic E-state index is 6.30. The maximum Gasteiger partial charge on any atom is 0.133 e. The van der Waals surface area contributed by atoms with Crippen LogP contribution in [0.2, 0.25) is 5.15 Å². The summed E-state index contributed by atoms with van der Waals surface area (Å²) in [5.41, 5.74) is 3.25. The second-order valence-electron chi connectivity index (χ2n) is 6.36. The van der Waals surface area contributed by atoms with E-state index >= 15 is 0 Å². The van der Waals surface area contributed by atoms with Gasteiger partial charge in [-0.1, -0.05) is 17.7 Å². The van der Waals surface area contributed by atoms with Crippen LogP contribution in [0.3, 0.4) is 0 Å². The number of likely N-dealkylation sites (N-methyl/N-ethyl adjacent to an activating group) is 1. The lowest BCUT2D eigenvalue weighted by atomic mass is 10.2. The highest BCUT2D eigenvalue weighted by molar-refractivity contribution is 6.30. The zero-order chi connectivity index (χ0) is 17.1. The van der Waals surface area contributed by atoms with Crippen molar-refractivity contribution in [3.05, 3.63) is 40.3 Å². The van der Waals surface area contributed by atoms with Crippen molar-refractivity contribution in [2.45, 2.75) is 20.0 Å².